The Morgan fingerprint density at radius 3 is 2.62 bits per heavy atom. The van der Waals surface area contributed by atoms with Crippen LogP contribution in [0.15, 0.2) is 24.3 Å². The van der Waals surface area contributed by atoms with E-state index in [9.17, 15) is 13.2 Å². The Kier molecular flexibility index (Phi) is 3.92. The molecule has 1 aromatic carbocycles. The molecule has 0 N–H and O–H groups in total. The summed E-state index contributed by atoms with van der Waals surface area (Å²) in [5.41, 5.74) is 0.422. The summed E-state index contributed by atoms with van der Waals surface area (Å²) in [5.74, 6) is 0.0676. The molecule has 0 atom stereocenters. The molecule has 0 aliphatic carbocycles. The van der Waals surface area contributed by atoms with Crippen LogP contribution in [-0.4, -0.2) is 36.5 Å². The molecule has 1 amide bonds. The van der Waals surface area contributed by atoms with E-state index >= 15 is 0 Å². The van der Waals surface area contributed by atoms with E-state index in [4.69, 9.17) is 10.00 Å². The van der Waals surface area contributed by atoms with Crippen LogP contribution < -0.4 is 4.74 Å². The Labute approximate surface area is 124 Å². The Morgan fingerprint density at radius 2 is 2.00 bits per heavy atom. The van der Waals surface area contributed by atoms with Crippen LogP contribution in [0.5, 0.6) is 5.75 Å². The SMILES string of the molecule is CC1(C)C(=O)N(CCCOc2ccccc2C#N)S1(=O)=O. The van der Waals surface area contributed by atoms with E-state index in [1.165, 1.54) is 13.8 Å². The average molecular weight is 308 g/mol. The van der Waals surface area contributed by atoms with Crippen molar-refractivity contribution >= 4 is 15.9 Å². The fourth-order valence-corrected chi connectivity index (χ4v) is 3.62. The van der Waals surface area contributed by atoms with E-state index in [-0.39, 0.29) is 19.1 Å². The Hall–Kier alpha value is -2.07. The van der Waals surface area contributed by atoms with Gasteiger partial charge >= 0.3 is 0 Å². The van der Waals surface area contributed by atoms with Gasteiger partial charge in [-0.25, -0.2) is 12.7 Å². The second-order valence-electron chi connectivity index (χ2n) is 5.20. The van der Waals surface area contributed by atoms with Crippen molar-refractivity contribution in [3.63, 3.8) is 0 Å². The molecule has 112 valence electrons. The zero-order valence-corrected chi connectivity index (χ0v) is 12.7. The molecule has 0 unspecified atom stereocenters. The first-order valence-corrected chi connectivity index (χ1v) is 7.95. The number of sulfonamides is 1. The molecular formula is C14H16N2O4S. The summed E-state index contributed by atoms with van der Waals surface area (Å²) in [6.07, 6.45) is 0.376. The number of ether oxygens (including phenoxy) is 1. The second-order valence-corrected chi connectivity index (χ2v) is 7.61. The summed E-state index contributed by atoms with van der Waals surface area (Å²) in [7, 11) is -3.53. The van der Waals surface area contributed by atoms with Crippen LogP contribution in [0, 0.1) is 11.3 Å². The van der Waals surface area contributed by atoms with E-state index in [0.717, 1.165) is 4.31 Å². The van der Waals surface area contributed by atoms with Gasteiger partial charge in [0, 0.05) is 13.0 Å². The van der Waals surface area contributed by atoms with Crippen molar-refractivity contribution in [3.8, 4) is 11.8 Å². The molecule has 21 heavy (non-hydrogen) atoms. The van der Waals surface area contributed by atoms with Gasteiger partial charge in [0.1, 0.15) is 11.8 Å². The lowest BCUT2D eigenvalue weighted by Crippen LogP contribution is -2.67. The number of benzene rings is 1. The summed E-state index contributed by atoms with van der Waals surface area (Å²) < 4.78 is 28.7. The molecule has 0 spiro atoms. The number of rotatable bonds is 5. The topological polar surface area (TPSA) is 87.5 Å². The van der Waals surface area contributed by atoms with Gasteiger partial charge in [-0.15, -0.1) is 0 Å². The first-order valence-electron chi connectivity index (χ1n) is 6.51. The quantitative estimate of drug-likeness (QED) is 0.765. The van der Waals surface area contributed by atoms with Crippen molar-refractivity contribution < 1.29 is 17.9 Å². The van der Waals surface area contributed by atoms with Crippen LogP contribution in [0.25, 0.3) is 0 Å². The van der Waals surface area contributed by atoms with Crippen molar-refractivity contribution in [3.05, 3.63) is 29.8 Å². The lowest BCUT2D eigenvalue weighted by Gasteiger charge is -2.43. The molecule has 1 aliphatic rings. The zero-order chi connectivity index (χ0) is 15.7. The highest BCUT2D eigenvalue weighted by Gasteiger charge is 2.59. The Balaban J connectivity index is 1.87. The van der Waals surface area contributed by atoms with Crippen molar-refractivity contribution in [2.45, 2.75) is 25.0 Å². The number of amides is 1. The minimum atomic E-state index is -3.53. The summed E-state index contributed by atoms with van der Waals surface area (Å²) >= 11 is 0. The van der Waals surface area contributed by atoms with E-state index in [2.05, 4.69) is 0 Å². The predicted octanol–water partition coefficient (Wildman–Crippen LogP) is 1.28. The fraction of sp³-hybridized carbons (Fsp3) is 0.429. The largest absolute Gasteiger partial charge is 0.492 e. The average Bonchev–Trinajstić information content (AvgIpc) is 2.46. The van der Waals surface area contributed by atoms with Gasteiger partial charge in [-0.1, -0.05) is 12.1 Å². The molecule has 6 nitrogen and oxygen atoms in total. The van der Waals surface area contributed by atoms with Crippen LogP contribution >= 0.6 is 0 Å². The number of carbonyl (C=O) groups excluding carboxylic acids is 1. The number of carbonyl (C=O) groups is 1. The number of nitrogens with zero attached hydrogens (tertiary/aromatic N) is 2. The van der Waals surface area contributed by atoms with Crippen LogP contribution in [0.3, 0.4) is 0 Å². The van der Waals surface area contributed by atoms with Gasteiger partial charge in [0.25, 0.3) is 15.9 Å². The standard InChI is InChI=1S/C14H16N2O4S/c1-14(2)13(17)16(21(14,18)19)8-5-9-20-12-7-4-3-6-11(12)10-15/h3-4,6-7H,5,8-9H2,1-2H3. The number of para-hydroxylation sites is 1. The lowest BCUT2D eigenvalue weighted by molar-refractivity contribution is -0.132. The molecule has 7 heteroatoms. The molecule has 0 aromatic heterocycles. The van der Waals surface area contributed by atoms with Crippen molar-refractivity contribution in [2.75, 3.05) is 13.2 Å². The fourth-order valence-electron chi connectivity index (χ4n) is 2.05. The molecule has 1 heterocycles. The summed E-state index contributed by atoms with van der Waals surface area (Å²) in [6.45, 7) is 3.14. The highest BCUT2D eigenvalue weighted by molar-refractivity contribution is 7.94. The smallest absolute Gasteiger partial charge is 0.258 e. The van der Waals surface area contributed by atoms with Crippen LogP contribution in [0.4, 0.5) is 0 Å². The maximum Gasteiger partial charge on any atom is 0.258 e. The minimum absolute atomic E-state index is 0.0965. The van der Waals surface area contributed by atoms with Crippen LogP contribution in [0.2, 0.25) is 0 Å². The molecule has 1 saturated heterocycles. The number of nitriles is 1. The van der Waals surface area contributed by atoms with Gasteiger partial charge in [-0.3, -0.25) is 4.79 Å². The van der Waals surface area contributed by atoms with Gasteiger partial charge < -0.3 is 4.74 Å². The first-order chi connectivity index (χ1) is 9.82. The van der Waals surface area contributed by atoms with E-state index in [0.29, 0.717) is 17.7 Å². The maximum atomic E-state index is 11.9. The second kappa shape index (κ2) is 5.37. The molecular weight excluding hydrogens is 292 g/mol. The highest BCUT2D eigenvalue weighted by atomic mass is 32.2. The Morgan fingerprint density at radius 1 is 1.33 bits per heavy atom. The molecule has 0 bridgehead atoms. The molecule has 1 fully saturated rings. The lowest BCUT2D eigenvalue weighted by atomic mass is 10.2. The van der Waals surface area contributed by atoms with E-state index < -0.39 is 14.8 Å². The third kappa shape index (κ3) is 2.47. The minimum Gasteiger partial charge on any atom is -0.492 e. The van der Waals surface area contributed by atoms with Crippen LogP contribution in [0.1, 0.15) is 25.8 Å². The van der Waals surface area contributed by atoms with Gasteiger partial charge in [0.05, 0.1) is 12.2 Å². The number of hydrogen-bond donors (Lipinski definition) is 0. The zero-order valence-electron chi connectivity index (χ0n) is 11.9. The maximum absolute atomic E-state index is 11.9. The normalized spacial score (nSPS) is 18.7. The van der Waals surface area contributed by atoms with E-state index in [1.807, 2.05) is 6.07 Å². The van der Waals surface area contributed by atoms with Crippen molar-refractivity contribution in [2.24, 2.45) is 0 Å². The third-order valence-electron chi connectivity index (χ3n) is 3.45. The van der Waals surface area contributed by atoms with Crippen LogP contribution in [-0.2, 0) is 14.8 Å². The predicted molar refractivity (Wildman–Crippen MR) is 76.0 cm³/mol. The molecule has 1 aliphatic heterocycles. The number of hydrogen-bond acceptors (Lipinski definition) is 5. The first kappa shape index (κ1) is 15.3. The van der Waals surface area contributed by atoms with Crippen molar-refractivity contribution in [1.29, 1.82) is 5.26 Å². The monoisotopic (exact) mass is 308 g/mol. The molecule has 0 saturated carbocycles. The Bertz CT molecular complexity index is 704. The highest BCUT2D eigenvalue weighted by Crippen LogP contribution is 2.34. The van der Waals surface area contributed by atoms with E-state index in [1.54, 1.807) is 24.3 Å². The van der Waals surface area contributed by atoms with Crippen molar-refractivity contribution in [1.82, 2.24) is 4.31 Å². The summed E-state index contributed by atoms with van der Waals surface area (Å²) in [5, 5.41) is 8.91. The summed E-state index contributed by atoms with van der Waals surface area (Å²) in [4.78, 5) is 11.7. The molecule has 0 radical (unpaired) electrons. The molecule has 2 rings (SSSR count). The van der Waals surface area contributed by atoms with Gasteiger partial charge in [0.2, 0.25) is 0 Å². The van der Waals surface area contributed by atoms with Gasteiger partial charge in [-0.2, -0.15) is 5.26 Å². The van der Waals surface area contributed by atoms with Gasteiger partial charge in [-0.05, 0) is 26.0 Å². The van der Waals surface area contributed by atoms with Gasteiger partial charge in [0.15, 0.2) is 4.75 Å². The summed E-state index contributed by atoms with van der Waals surface area (Å²) in [6, 6.07) is 8.81. The third-order valence-corrected chi connectivity index (χ3v) is 5.84. The molecule has 1 aromatic rings.